The number of alkyl halides is 4. The molecule has 2 aliphatic rings. The van der Waals surface area contributed by atoms with Crippen LogP contribution in [0.25, 0.3) is 22.4 Å². The lowest BCUT2D eigenvalue weighted by Crippen LogP contribution is -2.39. The Balaban J connectivity index is 1.49. The number of nitrogens with one attached hydrogen (secondary N) is 1. The number of carbonyl (C=O) groups excluding carboxylic acids is 1. The van der Waals surface area contributed by atoms with Crippen molar-refractivity contribution in [2.75, 3.05) is 20.1 Å². The highest BCUT2D eigenvalue weighted by molar-refractivity contribution is 5.99. The van der Waals surface area contributed by atoms with Crippen molar-refractivity contribution in [2.45, 2.75) is 51.1 Å². The molecule has 2 aromatic heterocycles. The van der Waals surface area contributed by atoms with E-state index in [1.807, 2.05) is 11.9 Å². The monoisotopic (exact) mass is 506 g/mol. The molecule has 12 heteroatoms. The molecule has 3 heterocycles. The molecule has 1 aliphatic carbocycles. The van der Waals surface area contributed by atoms with E-state index in [1.54, 1.807) is 18.2 Å². The molecule has 192 valence electrons. The van der Waals surface area contributed by atoms with Crippen LogP contribution < -0.4 is 5.32 Å². The number of piperidine rings is 1. The summed E-state index contributed by atoms with van der Waals surface area (Å²) in [4.78, 5) is 22.7. The normalized spacial score (nSPS) is 20.7. The summed E-state index contributed by atoms with van der Waals surface area (Å²) in [6, 6.07) is 6.32. The minimum atomic E-state index is -4.51. The fraction of sp³-hybridized carbons (Fsp3) is 0.500. The molecule has 0 radical (unpaired) electrons. The smallest absolute Gasteiger partial charge is 0.347 e. The van der Waals surface area contributed by atoms with Crippen molar-refractivity contribution in [2.24, 2.45) is 10.9 Å². The van der Waals surface area contributed by atoms with Gasteiger partial charge in [-0.1, -0.05) is 17.6 Å². The van der Waals surface area contributed by atoms with Gasteiger partial charge >= 0.3 is 6.18 Å². The second-order valence-corrected chi connectivity index (χ2v) is 9.38. The Bertz CT molecular complexity index is 1290. The average molecular weight is 507 g/mol. The van der Waals surface area contributed by atoms with E-state index in [1.165, 1.54) is 6.07 Å². The minimum Gasteiger partial charge on any atom is -0.347 e. The van der Waals surface area contributed by atoms with Crippen LogP contribution in [0.3, 0.4) is 0 Å². The maximum absolute atomic E-state index is 14.6. The largest absolute Gasteiger partial charge is 0.406 e. The van der Waals surface area contributed by atoms with Gasteiger partial charge in [-0.15, -0.1) is 0 Å². The van der Waals surface area contributed by atoms with Crippen molar-refractivity contribution < 1.29 is 26.9 Å². The zero-order valence-corrected chi connectivity index (χ0v) is 19.7. The molecule has 1 saturated carbocycles. The van der Waals surface area contributed by atoms with E-state index in [9.17, 15) is 22.4 Å². The molecular weight excluding hydrogens is 480 g/mol. The van der Waals surface area contributed by atoms with Crippen LogP contribution in [0.4, 0.5) is 23.2 Å². The van der Waals surface area contributed by atoms with E-state index >= 15 is 0 Å². The highest BCUT2D eigenvalue weighted by Crippen LogP contribution is 2.36. The Hall–Kier alpha value is -3.28. The summed E-state index contributed by atoms with van der Waals surface area (Å²) in [6.07, 6.45) is -2.63. The van der Waals surface area contributed by atoms with Crippen LogP contribution in [0, 0.1) is 5.92 Å². The van der Waals surface area contributed by atoms with Gasteiger partial charge in [0, 0.05) is 30.8 Å². The lowest BCUT2D eigenvalue weighted by Gasteiger charge is -2.26. The van der Waals surface area contributed by atoms with Gasteiger partial charge in [0.25, 0.3) is 0 Å². The quantitative estimate of drug-likeness (QED) is 0.501. The number of aliphatic imine (C=N–C) groups is 1. The summed E-state index contributed by atoms with van der Waals surface area (Å²) in [7, 11) is 1.82. The molecule has 0 spiro atoms. The number of halogens is 4. The zero-order valence-electron chi connectivity index (χ0n) is 19.7. The topological polar surface area (TPSA) is 88.6 Å². The number of hydrogen-bond acceptors (Lipinski definition) is 6. The molecule has 3 aromatic rings. The first kappa shape index (κ1) is 24.4. The van der Waals surface area contributed by atoms with Gasteiger partial charge in [0.15, 0.2) is 6.17 Å². The SMILES string of the molecule is CN1CC/C(=N\c2cccc3c2cc(-c2noc(CNC(=O)C4CCC4)n2)n3CC(F)(F)F)[C@@H](F)C1. The fourth-order valence-corrected chi connectivity index (χ4v) is 4.52. The third-order valence-corrected chi connectivity index (χ3v) is 6.69. The van der Waals surface area contributed by atoms with Gasteiger partial charge in [0.2, 0.25) is 17.6 Å². The minimum absolute atomic E-state index is 0.00687. The van der Waals surface area contributed by atoms with Crippen molar-refractivity contribution in [1.82, 2.24) is 24.9 Å². The molecule has 1 amide bonds. The van der Waals surface area contributed by atoms with Crippen LogP contribution in [0.15, 0.2) is 33.8 Å². The van der Waals surface area contributed by atoms with Crippen molar-refractivity contribution in [3.8, 4) is 11.5 Å². The number of likely N-dealkylation sites (tertiary alicyclic amines) is 1. The van der Waals surface area contributed by atoms with Gasteiger partial charge in [-0.3, -0.25) is 9.79 Å². The van der Waals surface area contributed by atoms with E-state index in [2.05, 4.69) is 20.4 Å². The third kappa shape index (κ3) is 5.13. The van der Waals surface area contributed by atoms with Crippen LogP contribution in [-0.4, -0.2) is 63.7 Å². The summed E-state index contributed by atoms with van der Waals surface area (Å²) in [6.45, 7) is -0.408. The van der Waals surface area contributed by atoms with Gasteiger partial charge in [0.05, 0.1) is 29.2 Å². The lowest BCUT2D eigenvalue weighted by molar-refractivity contribution is -0.139. The fourth-order valence-electron chi connectivity index (χ4n) is 4.52. The van der Waals surface area contributed by atoms with E-state index in [4.69, 9.17) is 4.52 Å². The Morgan fingerprint density at radius 1 is 1.31 bits per heavy atom. The van der Waals surface area contributed by atoms with Gasteiger partial charge in [-0.05, 0) is 38.1 Å². The second-order valence-electron chi connectivity index (χ2n) is 9.38. The van der Waals surface area contributed by atoms with Crippen molar-refractivity contribution in [1.29, 1.82) is 0 Å². The molecule has 36 heavy (non-hydrogen) atoms. The van der Waals surface area contributed by atoms with Crippen LogP contribution in [-0.2, 0) is 17.9 Å². The van der Waals surface area contributed by atoms with E-state index in [0.717, 1.165) is 23.8 Å². The van der Waals surface area contributed by atoms with Crippen LogP contribution >= 0.6 is 0 Å². The maximum Gasteiger partial charge on any atom is 0.406 e. The number of rotatable bonds is 6. The van der Waals surface area contributed by atoms with Crippen molar-refractivity contribution in [3.63, 3.8) is 0 Å². The first-order valence-electron chi connectivity index (χ1n) is 11.9. The van der Waals surface area contributed by atoms with Crippen molar-refractivity contribution in [3.05, 3.63) is 30.2 Å². The highest BCUT2D eigenvalue weighted by Gasteiger charge is 2.32. The number of amides is 1. The molecule has 5 rings (SSSR count). The first-order chi connectivity index (χ1) is 17.2. The maximum atomic E-state index is 14.6. The molecule has 1 saturated heterocycles. The Morgan fingerprint density at radius 2 is 2.11 bits per heavy atom. The molecule has 1 aromatic carbocycles. The third-order valence-electron chi connectivity index (χ3n) is 6.69. The molecule has 2 fully saturated rings. The molecule has 1 atom stereocenters. The second kappa shape index (κ2) is 9.64. The van der Waals surface area contributed by atoms with Crippen molar-refractivity contribution >= 4 is 28.2 Å². The number of hydrogen-bond donors (Lipinski definition) is 1. The zero-order chi connectivity index (χ0) is 25.4. The molecule has 1 N–H and O–H groups in total. The molecule has 1 aliphatic heterocycles. The number of carbonyl (C=O) groups is 1. The number of nitrogens with zero attached hydrogens (tertiary/aromatic N) is 5. The summed E-state index contributed by atoms with van der Waals surface area (Å²) < 4.78 is 61.4. The molecule has 0 unspecified atom stereocenters. The molecular formula is C24H26F4N6O2. The standard InChI is InChI=1S/C24H26F4N6O2/c1-33-9-8-18(16(25)12-33)30-17-6-3-7-19-15(17)10-20(34(19)13-24(26,27)28)22-31-21(36-32-22)11-29-23(35)14-4-2-5-14/h3,6-7,10,14,16H,2,4-5,8-9,11-13H2,1H3,(H,29,35)/b30-18+/t16-/m0/s1. The predicted molar refractivity (Wildman–Crippen MR) is 125 cm³/mol. The summed E-state index contributed by atoms with van der Waals surface area (Å²) >= 11 is 0. The number of benzene rings is 1. The van der Waals surface area contributed by atoms with Crippen LogP contribution in [0.2, 0.25) is 0 Å². The highest BCUT2D eigenvalue weighted by atomic mass is 19.4. The van der Waals surface area contributed by atoms with Crippen LogP contribution in [0.1, 0.15) is 31.6 Å². The summed E-state index contributed by atoms with van der Waals surface area (Å²) in [5.41, 5.74) is 1.12. The molecule has 0 bridgehead atoms. The van der Waals surface area contributed by atoms with Gasteiger partial charge in [0.1, 0.15) is 6.54 Å². The Kier molecular flexibility index (Phi) is 6.54. The number of aromatic nitrogens is 3. The van der Waals surface area contributed by atoms with E-state index < -0.39 is 18.9 Å². The average Bonchev–Trinajstić information content (AvgIpc) is 3.37. The summed E-state index contributed by atoms with van der Waals surface area (Å²) in [5, 5.41) is 7.03. The predicted octanol–water partition coefficient (Wildman–Crippen LogP) is 4.42. The first-order valence-corrected chi connectivity index (χ1v) is 11.9. The van der Waals surface area contributed by atoms with Gasteiger partial charge in [-0.25, -0.2) is 4.39 Å². The van der Waals surface area contributed by atoms with E-state index in [0.29, 0.717) is 29.8 Å². The molecule has 8 nitrogen and oxygen atoms in total. The number of fused-ring (bicyclic) bond motifs is 1. The van der Waals surface area contributed by atoms with Gasteiger partial charge < -0.3 is 19.3 Å². The van der Waals surface area contributed by atoms with Crippen LogP contribution in [0.5, 0.6) is 0 Å². The van der Waals surface area contributed by atoms with Gasteiger partial charge in [-0.2, -0.15) is 18.2 Å². The lowest BCUT2D eigenvalue weighted by atomic mass is 9.85. The summed E-state index contributed by atoms with van der Waals surface area (Å²) in [5.74, 6) is -0.0654. The van der Waals surface area contributed by atoms with E-state index in [-0.39, 0.29) is 47.8 Å². The Labute approximate surface area is 204 Å². The Morgan fingerprint density at radius 3 is 2.81 bits per heavy atom.